The largest absolute Gasteiger partial charge is 0.162 e. The van der Waals surface area contributed by atoms with Crippen molar-refractivity contribution in [1.29, 1.82) is 0 Å². The van der Waals surface area contributed by atoms with Crippen molar-refractivity contribution in [1.82, 2.24) is 0 Å². The van der Waals surface area contributed by atoms with Crippen molar-refractivity contribution in [3.05, 3.63) is 0 Å². The lowest BCUT2D eigenvalue weighted by atomic mass is 9.91. The molecular formula is C11H20S. The molecular weight excluding hydrogens is 164 g/mol. The van der Waals surface area contributed by atoms with E-state index < -0.39 is 0 Å². The minimum absolute atomic E-state index is 1.09. The summed E-state index contributed by atoms with van der Waals surface area (Å²) in [5, 5.41) is 0. The van der Waals surface area contributed by atoms with Crippen LogP contribution < -0.4 is 0 Å². The number of hydrogen-bond acceptors (Lipinski definition) is 1. The molecule has 0 bridgehead atoms. The van der Waals surface area contributed by atoms with Gasteiger partial charge in [0.15, 0.2) is 0 Å². The van der Waals surface area contributed by atoms with Gasteiger partial charge in [-0.25, -0.2) is 0 Å². The van der Waals surface area contributed by atoms with E-state index in [0.29, 0.717) is 0 Å². The molecule has 1 saturated carbocycles. The van der Waals surface area contributed by atoms with E-state index in [1.807, 2.05) is 0 Å². The summed E-state index contributed by atoms with van der Waals surface area (Å²) in [7, 11) is 0. The van der Waals surface area contributed by atoms with Crippen LogP contribution in [0, 0.1) is 11.8 Å². The zero-order chi connectivity index (χ0) is 8.23. The molecule has 0 nitrogen and oxygen atoms in total. The predicted octanol–water partition coefficient (Wildman–Crippen LogP) is 3.71. The number of hydrogen-bond donors (Lipinski definition) is 0. The smallest absolute Gasteiger partial charge is 0.00390 e. The van der Waals surface area contributed by atoms with Crippen molar-refractivity contribution in [2.45, 2.75) is 44.9 Å². The summed E-state index contributed by atoms with van der Waals surface area (Å²) >= 11 is 2.19. The second kappa shape index (κ2) is 4.55. The van der Waals surface area contributed by atoms with Crippen molar-refractivity contribution < 1.29 is 0 Å². The molecule has 70 valence electrons. The Morgan fingerprint density at radius 3 is 2.33 bits per heavy atom. The molecule has 0 aromatic carbocycles. The zero-order valence-electron chi connectivity index (χ0n) is 7.93. The summed E-state index contributed by atoms with van der Waals surface area (Å²) in [5.41, 5.74) is 0. The first kappa shape index (κ1) is 8.93. The summed E-state index contributed by atoms with van der Waals surface area (Å²) in [6, 6.07) is 0. The third-order valence-corrected chi connectivity index (χ3v) is 4.68. The molecule has 1 saturated heterocycles. The fourth-order valence-electron chi connectivity index (χ4n) is 2.71. The predicted molar refractivity (Wildman–Crippen MR) is 56.6 cm³/mol. The lowest BCUT2D eigenvalue weighted by Gasteiger charge is -2.23. The molecule has 1 heterocycles. The molecule has 2 rings (SSSR count). The zero-order valence-corrected chi connectivity index (χ0v) is 8.74. The summed E-state index contributed by atoms with van der Waals surface area (Å²) in [6.07, 6.45) is 10.7. The SMILES string of the molecule is C1CCC(CC2CCCSC2)C1. The van der Waals surface area contributed by atoms with Gasteiger partial charge in [-0.1, -0.05) is 25.7 Å². The first-order chi connectivity index (χ1) is 5.95. The van der Waals surface area contributed by atoms with E-state index in [2.05, 4.69) is 11.8 Å². The van der Waals surface area contributed by atoms with E-state index in [4.69, 9.17) is 0 Å². The monoisotopic (exact) mass is 184 g/mol. The molecule has 2 fully saturated rings. The van der Waals surface area contributed by atoms with Crippen LogP contribution in [0.25, 0.3) is 0 Å². The summed E-state index contributed by atoms with van der Waals surface area (Å²) in [4.78, 5) is 0. The molecule has 1 aliphatic heterocycles. The molecule has 1 aliphatic carbocycles. The van der Waals surface area contributed by atoms with Gasteiger partial charge in [-0.05, 0) is 42.6 Å². The van der Waals surface area contributed by atoms with E-state index in [1.165, 1.54) is 37.2 Å². The van der Waals surface area contributed by atoms with Crippen LogP contribution in [0.3, 0.4) is 0 Å². The number of rotatable bonds is 2. The first-order valence-electron chi connectivity index (χ1n) is 5.53. The van der Waals surface area contributed by atoms with Gasteiger partial charge in [0.2, 0.25) is 0 Å². The Balaban J connectivity index is 1.69. The second-order valence-electron chi connectivity index (χ2n) is 4.47. The molecule has 1 heteroatoms. The highest BCUT2D eigenvalue weighted by atomic mass is 32.2. The van der Waals surface area contributed by atoms with Crippen LogP contribution in [-0.2, 0) is 0 Å². The van der Waals surface area contributed by atoms with Gasteiger partial charge in [-0.3, -0.25) is 0 Å². The fourth-order valence-corrected chi connectivity index (χ4v) is 3.88. The van der Waals surface area contributed by atoms with Crippen molar-refractivity contribution in [3.8, 4) is 0 Å². The molecule has 1 atom stereocenters. The van der Waals surface area contributed by atoms with Crippen molar-refractivity contribution >= 4 is 11.8 Å². The Kier molecular flexibility index (Phi) is 3.38. The molecule has 0 aromatic rings. The molecule has 0 spiro atoms. The van der Waals surface area contributed by atoms with E-state index in [-0.39, 0.29) is 0 Å². The van der Waals surface area contributed by atoms with Gasteiger partial charge >= 0.3 is 0 Å². The van der Waals surface area contributed by atoms with Gasteiger partial charge in [-0.15, -0.1) is 0 Å². The maximum atomic E-state index is 2.19. The Morgan fingerprint density at radius 1 is 0.917 bits per heavy atom. The van der Waals surface area contributed by atoms with E-state index in [1.54, 1.807) is 19.3 Å². The van der Waals surface area contributed by atoms with Crippen LogP contribution >= 0.6 is 11.8 Å². The van der Waals surface area contributed by atoms with Crippen molar-refractivity contribution in [2.24, 2.45) is 11.8 Å². The topological polar surface area (TPSA) is 0 Å². The third-order valence-electron chi connectivity index (χ3n) is 3.40. The van der Waals surface area contributed by atoms with Crippen LogP contribution in [0.1, 0.15) is 44.9 Å². The molecule has 1 unspecified atom stereocenters. The Labute approximate surface area is 80.5 Å². The molecule has 0 aromatic heterocycles. The van der Waals surface area contributed by atoms with E-state index in [9.17, 15) is 0 Å². The van der Waals surface area contributed by atoms with E-state index in [0.717, 1.165) is 11.8 Å². The summed E-state index contributed by atoms with van der Waals surface area (Å²) < 4.78 is 0. The van der Waals surface area contributed by atoms with Crippen LogP contribution in [0.2, 0.25) is 0 Å². The quantitative estimate of drug-likeness (QED) is 0.630. The highest BCUT2D eigenvalue weighted by Gasteiger charge is 2.21. The maximum Gasteiger partial charge on any atom is -0.00390 e. The van der Waals surface area contributed by atoms with Crippen LogP contribution in [0.15, 0.2) is 0 Å². The average molecular weight is 184 g/mol. The first-order valence-corrected chi connectivity index (χ1v) is 6.68. The second-order valence-corrected chi connectivity index (χ2v) is 5.62. The highest BCUT2D eigenvalue weighted by molar-refractivity contribution is 7.99. The Hall–Kier alpha value is 0.350. The average Bonchev–Trinajstić information content (AvgIpc) is 2.59. The third kappa shape index (κ3) is 2.42. The number of thioether (sulfide) groups is 1. The standard InChI is InChI=1S/C11H20S/c1-2-5-10(4-1)8-11-6-3-7-12-9-11/h10-11H,1-9H2. The van der Waals surface area contributed by atoms with Gasteiger partial charge in [0.25, 0.3) is 0 Å². The van der Waals surface area contributed by atoms with Crippen LogP contribution in [-0.4, -0.2) is 11.5 Å². The van der Waals surface area contributed by atoms with Crippen LogP contribution in [0.5, 0.6) is 0 Å². The van der Waals surface area contributed by atoms with Gasteiger partial charge in [0.1, 0.15) is 0 Å². The minimum Gasteiger partial charge on any atom is -0.162 e. The molecule has 0 radical (unpaired) electrons. The highest BCUT2D eigenvalue weighted by Crippen LogP contribution is 2.34. The summed E-state index contributed by atoms with van der Waals surface area (Å²) in [6.45, 7) is 0. The van der Waals surface area contributed by atoms with Gasteiger partial charge in [-0.2, -0.15) is 11.8 Å². The fraction of sp³-hybridized carbons (Fsp3) is 1.00. The molecule has 0 amide bonds. The van der Waals surface area contributed by atoms with E-state index >= 15 is 0 Å². The lowest BCUT2D eigenvalue weighted by Crippen LogP contribution is -2.13. The van der Waals surface area contributed by atoms with Gasteiger partial charge < -0.3 is 0 Å². The Bertz CT molecular complexity index is 121. The normalized spacial score (nSPS) is 32.5. The minimum atomic E-state index is 1.09. The van der Waals surface area contributed by atoms with Crippen molar-refractivity contribution in [3.63, 3.8) is 0 Å². The molecule has 0 N–H and O–H groups in total. The summed E-state index contributed by atoms with van der Waals surface area (Å²) in [5.74, 6) is 5.11. The molecule has 2 aliphatic rings. The Morgan fingerprint density at radius 2 is 1.67 bits per heavy atom. The maximum absolute atomic E-state index is 2.19. The van der Waals surface area contributed by atoms with Gasteiger partial charge in [0.05, 0.1) is 0 Å². The van der Waals surface area contributed by atoms with Crippen molar-refractivity contribution in [2.75, 3.05) is 11.5 Å². The van der Waals surface area contributed by atoms with Gasteiger partial charge in [0, 0.05) is 0 Å². The molecule has 12 heavy (non-hydrogen) atoms. The lowest BCUT2D eigenvalue weighted by molar-refractivity contribution is 0.378. The van der Waals surface area contributed by atoms with Crippen LogP contribution in [0.4, 0.5) is 0 Å².